The first-order valence-corrected chi connectivity index (χ1v) is 17.8. The molecule has 0 heterocycles. The highest BCUT2D eigenvalue weighted by molar-refractivity contribution is 7.92. The molecule has 1 aliphatic rings. The molecule has 246 valence electrons. The van der Waals surface area contributed by atoms with Crippen LogP contribution >= 0.6 is 0 Å². The Bertz CT molecular complexity index is 1780. The molecule has 1 aliphatic carbocycles. The molecule has 0 spiro atoms. The Labute approximate surface area is 279 Å². The summed E-state index contributed by atoms with van der Waals surface area (Å²) in [5.41, 5.74) is 5.91. The van der Waals surface area contributed by atoms with E-state index in [1.165, 1.54) is 4.31 Å². The van der Waals surface area contributed by atoms with E-state index in [4.69, 9.17) is 0 Å². The number of anilines is 1. The van der Waals surface area contributed by atoms with E-state index in [-0.39, 0.29) is 23.4 Å². The zero-order chi connectivity index (χ0) is 33.6. The van der Waals surface area contributed by atoms with Crippen LogP contribution in [0.1, 0.15) is 59.1 Å². The molecule has 47 heavy (non-hydrogen) atoms. The molecule has 0 aliphatic heterocycles. The number of carbonyl (C=O) groups excluding carboxylic acids is 2. The van der Waals surface area contributed by atoms with E-state index in [0.717, 1.165) is 59.1 Å². The van der Waals surface area contributed by atoms with Crippen LogP contribution in [0.4, 0.5) is 5.69 Å². The highest BCUT2D eigenvalue weighted by Crippen LogP contribution is 2.28. The molecule has 4 aromatic rings. The Morgan fingerprint density at radius 2 is 1.38 bits per heavy atom. The lowest BCUT2D eigenvalue weighted by Crippen LogP contribution is -2.54. The van der Waals surface area contributed by atoms with Gasteiger partial charge in [-0.05, 0) is 87.1 Å². The molecule has 0 aromatic heterocycles. The first kappa shape index (κ1) is 33.9. The minimum atomic E-state index is -4.15. The maximum atomic E-state index is 14.7. The van der Waals surface area contributed by atoms with Crippen molar-refractivity contribution in [3.8, 4) is 0 Å². The fourth-order valence-electron chi connectivity index (χ4n) is 6.39. The van der Waals surface area contributed by atoms with Gasteiger partial charge in [0.1, 0.15) is 12.6 Å². The van der Waals surface area contributed by atoms with Gasteiger partial charge in [-0.1, -0.05) is 96.8 Å². The van der Waals surface area contributed by atoms with Crippen molar-refractivity contribution in [2.24, 2.45) is 0 Å². The molecular weight excluding hydrogens is 607 g/mol. The van der Waals surface area contributed by atoms with Crippen molar-refractivity contribution in [3.05, 3.63) is 130 Å². The van der Waals surface area contributed by atoms with E-state index in [2.05, 4.69) is 5.32 Å². The number of nitrogens with one attached hydrogen (secondary N) is 1. The standard InChI is InChI=1S/C39H45N3O4S/c1-28-17-19-36(20-18-28)47(45,46)42(35-23-30(3)21-31(4)24-35)27-38(43)41(26-33-14-10-11-29(2)22-33)37(25-32-12-6-5-7-13-32)39(44)40-34-15-8-9-16-34/h5-7,10-14,17-24,34,37H,8-9,15-16,25-27H2,1-4H3,(H,40,44). The molecule has 5 rings (SSSR count). The van der Waals surface area contributed by atoms with Gasteiger partial charge in [-0.15, -0.1) is 0 Å². The largest absolute Gasteiger partial charge is 0.352 e. The number of benzene rings is 4. The van der Waals surface area contributed by atoms with Gasteiger partial charge >= 0.3 is 0 Å². The van der Waals surface area contributed by atoms with Crippen LogP contribution in [0.15, 0.2) is 102 Å². The Balaban J connectivity index is 1.58. The van der Waals surface area contributed by atoms with Gasteiger partial charge in [0.2, 0.25) is 11.8 Å². The average Bonchev–Trinajstić information content (AvgIpc) is 3.54. The summed E-state index contributed by atoms with van der Waals surface area (Å²) < 4.78 is 29.8. The van der Waals surface area contributed by atoms with Crippen LogP contribution in [0.5, 0.6) is 0 Å². The van der Waals surface area contributed by atoms with Crippen molar-refractivity contribution < 1.29 is 18.0 Å². The van der Waals surface area contributed by atoms with Crippen molar-refractivity contribution in [3.63, 3.8) is 0 Å². The van der Waals surface area contributed by atoms with Gasteiger partial charge in [-0.2, -0.15) is 0 Å². The molecule has 1 fully saturated rings. The second-order valence-corrected chi connectivity index (χ2v) is 14.7. The molecular formula is C39H45N3O4S. The summed E-state index contributed by atoms with van der Waals surface area (Å²) in [5.74, 6) is -0.676. The van der Waals surface area contributed by atoms with Crippen molar-refractivity contribution >= 4 is 27.5 Å². The van der Waals surface area contributed by atoms with Gasteiger partial charge in [0, 0.05) is 19.0 Å². The maximum Gasteiger partial charge on any atom is 0.264 e. The summed E-state index contributed by atoms with van der Waals surface area (Å²) in [7, 11) is -4.15. The lowest BCUT2D eigenvalue weighted by atomic mass is 10.0. The minimum Gasteiger partial charge on any atom is -0.352 e. The molecule has 2 amide bonds. The molecule has 8 heteroatoms. The summed E-state index contributed by atoms with van der Waals surface area (Å²) >= 11 is 0. The van der Waals surface area contributed by atoms with E-state index in [1.54, 1.807) is 41.3 Å². The Morgan fingerprint density at radius 3 is 2.02 bits per heavy atom. The smallest absolute Gasteiger partial charge is 0.264 e. The van der Waals surface area contributed by atoms with E-state index in [1.807, 2.05) is 88.4 Å². The number of nitrogens with zero attached hydrogens (tertiary/aromatic N) is 2. The molecule has 0 radical (unpaired) electrons. The van der Waals surface area contributed by atoms with E-state index < -0.39 is 28.5 Å². The van der Waals surface area contributed by atoms with Crippen LogP contribution in [0.25, 0.3) is 0 Å². The van der Waals surface area contributed by atoms with Gasteiger partial charge < -0.3 is 10.2 Å². The van der Waals surface area contributed by atoms with Crippen molar-refractivity contribution in [1.29, 1.82) is 0 Å². The van der Waals surface area contributed by atoms with E-state index in [0.29, 0.717) is 12.1 Å². The van der Waals surface area contributed by atoms with Crippen LogP contribution < -0.4 is 9.62 Å². The van der Waals surface area contributed by atoms with Gasteiger partial charge in [-0.25, -0.2) is 8.42 Å². The summed E-state index contributed by atoms with van der Waals surface area (Å²) in [6, 6.07) is 28.9. The molecule has 0 saturated heterocycles. The number of hydrogen-bond acceptors (Lipinski definition) is 4. The molecule has 1 N–H and O–H groups in total. The zero-order valence-corrected chi connectivity index (χ0v) is 28.6. The predicted molar refractivity (Wildman–Crippen MR) is 188 cm³/mol. The van der Waals surface area contributed by atoms with Gasteiger partial charge in [0.25, 0.3) is 10.0 Å². The fraction of sp³-hybridized carbons (Fsp3) is 0.333. The molecule has 4 aromatic carbocycles. The molecule has 1 atom stereocenters. The zero-order valence-electron chi connectivity index (χ0n) is 27.8. The quantitative estimate of drug-likeness (QED) is 0.182. The van der Waals surface area contributed by atoms with Crippen molar-refractivity contribution in [2.75, 3.05) is 10.8 Å². The first-order valence-electron chi connectivity index (χ1n) is 16.4. The number of rotatable bonds is 12. The van der Waals surface area contributed by atoms with Crippen LogP contribution in [0.3, 0.4) is 0 Å². The maximum absolute atomic E-state index is 14.7. The number of carbonyl (C=O) groups is 2. The SMILES string of the molecule is Cc1ccc(S(=O)(=O)N(CC(=O)N(Cc2cccc(C)c2)C(Cc2ccccc2)C(=O)NC2CCCC2)c2cc(C)cc(C)c2)cc1. The third-order valence-corrected chi connectivity index (χ3v) is 10.6. The molecule has 1 unspecified atom stereocenters. The number of sulfonamides is 1. The summed E-state index contributed by atoms with van der Waals surface area (Å²) in [6.07, 6.45) is 4.23. The van der Waals surface area contributed by atoms with Crippen LogP contribution in [0, 0.1) is 27.7 Å². The summed E-state index contributed by atoms with van der Waals surface area (Å²) in [4.78, 5) is 30.6. The summed E-state index contributed by atoms with van der Waals surface area (Å²) in [5, 5.41) is 3.23. The van der Waals surface area contributed by atoms with E-state index >= 15 is 0 Å². The summed E-state index contributed by atoms with van der Waals surface area (Å²) in [6.45, 7) is 7.38. The fourth-order valence-corrected chi connectivity index (χ4v) is 7.79. The average molecular weight is 652 g/mol. The Morgan fingerprint density at radius 1 is 0.745 bits per heavy atom. The van der Waals surface area contributed by atoms with E-state index in [9.17, 15) is 18.0 Å². The van der Waals surface area contributed by atoms with Gasteiger partial charge in [0.15, 0.2) is 0 Å². The third-order valence-electron chi connectivity index (χ3n) is 8.79. The highest BCUT2D eigenvalue weighted by atomic mass is 32.2. The molecule has 1 saturated carbocycles. The minimum absolute atomic E-state index is 0.0605. The first-order chi connectivity index (χ1) is 22.5. The number of hydrogen-bond donors (Lipinski definition) is 1. The normalized spacial score (nSPS) is 14.0. The second kappa shape index (κ2) is 15.0. The van der Waals surface area contributed by atoms with Crippen LogP contribution in [0.2, 0.25) is 0 Å². The van der Waals surface area contributed by atoms with Gasteiger partial charge in [-0.3, -0.25) is 13.9 Å². The third kappa shape index (κ3) is 8.69. The van der Waals surface area contributed by atoms with Gasteiger partial charge in [0.05, 0.1) is 10.6 Å². The highest BCUT2D eigenvalue weighted by Gasteiger charge is 2.35. The van der Waals surface area contributed by atoms with Crippen LogP contribution in [-0.2, 0) is 32.6 Å². The lowest BCUT2D eigenvalue weighted by molar-refractivity contribution is -0.140. The Kier molecular flexibility index (Phi) is 10.8. The number of amides is 2. The topological polar surface area (TPSA) is 86.8 Å². The monoisotopic (exact) mass is 651 g/mol. The Hall–Kier alpha value is -4.43. The van der Waals surface area contributed by atoms with Crippen molar-refractivity contribution in [1.82, 2.24) is 10.2 Å². The lowest BCUT2D eigenvalue weighted by Gasteiger charge is -2.34. The second-order valence-electron chi connectivity index (χ2n) is 12.9. The molecule has 7 nitrogen and oxygen atoms in total. The number of aryl methyl sites for hydroxylation is 4. The predicted octanol–water partition coefficient (Wildman–Crippen LogP) is 6.81. The molecule has 0 bridgehead atoms. The van der Waals surface area contributed by atoms with Crippen molar-refractivity contribution in [2.45, 2.75) is 83.3 Å². The van der Waals surface area contributed by atoms with Crippen LogP contribution in [-0.4, -0.2) is 43.8 Å².